The molecule has 2 rings (SSSR count). The Kier molecular flexibility index (Phi) is 7.32. The summed E-state index contributed by atoms with van der Waals surface area (Å²) >= 11 is 0. The van der Waals surface area contributed by atoms with E-state index in [9.17, 15) is 4.79 Å². The van der Waals surface area contributed by atoms with Gasteiger partial charge in [-0.3, -0.25) is 4.79 Å². The summed E-state index contributed by atoms with van der Waals surface area (Å²) in [5.74, 6) is 0.363. The fourth-order valence-electron chi connectivity index (χ4n) is 3.82. The maximum absolute atomic E-state index is 12.7. The van der Waals surface area contributed by atoms with Crippen LogP contribution < -0.4 is 5.73 Å². The van der Waals surface area contributed by atoms with Crippen molar-refractivity contribution in [3.8, 4) is 0 Å². The molecule has 2 aliphatic rings. The van der Waals surface area contributed by atoms with Crippen molar-refractivity contribution in [3.63, 3.8) is 0 Å². The zero-order chi connectivity index (χ0) is 13.7. The second kappa shape index (κ2) is 8.23. The van der Waals surface area contributed by atoms with Crippen molar-refractivity contribution in [2.45, 2.75) is 77.2 Å². The van der Waals surface area contributed by atoms with Crippen molar-refractivity contribution in [3.05, 3.63) is 0 Å². The number of hydrogen-bond donors (Lipinski definition) is 1. The smallest absolute Gasteiger partial charge is 0.223 e. The third-order valence-electron chi connectivity index (χ3n) is 5.25. The molecule has 0 radical (unpaired) electrons. The van der Waals surface area contributed by atoms with Crippen molar-refractivity contribution in [1.29, 1.82) is 0 Å². The van der Waals surface area contributed by atoms with Gasteiger partial charge in [-0.05, 0) is 44.6 Å². The summed E-state index contributed by atoms with van der Waals surface area (Å²) in [6.07, 6.45) is 11.7. The molecule has 1 aliphatic carbocycles. The number of carbonyl (C=O) groups is 1. The van der Waals surface area contributed by atoms with Crippen molar-refractivity contribution in [2.75, 3.05) is 13.1 Å². The van der Waals surface area contributed by atoms with Gasteiger partial charge < -0.3 is 10.6 Å². The van der Waals surface area contributed by atoms with Gasteiger partial charge in [0, 0.05) is 19.0 Å². The van der Waals surface area contributed by atoms with Gasteiger partial charge in [-0.2, -0.15) is 0 Å². The Labute approximate surface area is 130 Å². The summed E-state index contributed by atoms with van der Waals surface area (Å²) < 4.78 is 0. The third kappa shape index (κ3) is 4.36. The molecule has 1 aliphatic heterocycles. The molecule has 2 fully saturated rings. The first-order valence-corrected chi connectivity index (χ1v) is 8.16. The molecule has 2 N–H and O–H groups in total. The first-order valence-electron chi connectivity index (χ1n) is 8.16. The van der Waals surface area contributed by atoms with Crippen LogP contribution in [0.4, 0.5) is 0 Å². The van der Waals surface area contributed by atoms with E-state index in [4.69, 9.17) is 5.73 Å². The normalized spacial score (nSPS) is 26.5. The van der Waals surface area contributed by atoms with Gasteiger partial charge in [-0.15, -0.1) is 12.4 Å². The van der Waals surface area contributed by atoms with Crippen LogP contribution >= 0.6 is 12.4 Å². The lowest BCUT2D eigenvalue weighted by atomic mass is 9.71. The molecule has 0 spiro atoms. The zero-order valence-electron chi connectivity index (χ0n) is 12.9. The van der Waals surface area contributed by atoms with E-state index in [0.29, 0.717) is 24.9 Å². The molecule has 4 heteroatoms. The Morgan fingerprint density at radius 3 is 2.45 bits per heavy atom. The van der Waals surface area contributed by atoms with Gasteiger partial charge in [-0.1, -0.05) is 32.1 Å². The largest absolute Gasteiger partial charge is 0.340 e. The van der Waals surface area contributed by atoms with E-state index in [1.165, 1.54) is 44.9 Å². The number of carbonyl (C=O) groups excluding carboxylic acids is 1. The second-order valence-electron chi connectivity index (χ2n) is 6.73. The van der Waals surface area contributed by atoms with Crippen molar-refractivity contribution in [1.82, 2.24) is 4.90 Å². The van der Waals surface area contributed by atoms with Gasteiger partial charge >= 0.3 is 0 Å². The number of amides is 1. The maximum Gasteiger partial charge on any atom is 0.223 e. The fourth-order valence-corrected chi connectivity index (χ4v) is 3.82. The Bertz CT molecular complexity index is 303. The van der Waals surface area contributed by atoms with E-state index < -0.39 is 0 Å². The molecule has 118 valence electrons. The number of nitrogens with zero attached hydrogens (tertiary/aromatic N) is 1. The lowest BCUT2D eigenvalue weighted by Gasteiger charge is -2.38. The van der Waals surface area contributed by atoms with Gasteiger partial charge in [0.05, 0.1) is 0 Å². The molecule has 0 aromatic rings. The number of likely N-dealkylation sites (tertiary alicyclic amines) is 1. The molecule has 1 unspecified atom stereocenters. The minimum Gasteiger partial charge on any atom is -0.340 e. The average Bonchev–Trinajstić information content (AvgIpc) is 2.64. The lowest BCUT2D eigenvalue weighted by molar-refractivity contribution is -0.136. The molecule has 1 amide bonds. The van der Waals surface area contributed by atoms with Crippen molar-refractivity contribution >= 4 is 18.3 Å². The monoisotopic (exact) mass is 302 g/mol. The topological polar surface area (TPSA) is 46.3 Å². The Balaban J connectivity index is 0.00000200. The van der Waals surface area contributed by atoms with E-state index in [1.54, 1.807) is 0 Å². The van der Waals surface area contributed by atoms with Crippen molar-refractivity contribution < 1.29 is 4.79 Å². The van der Waals surface area contributed by atoms with Crippen LogP contribution in [0.15, 0.2) is 0 Å². The number of nitrogens with two attached hydrogens (primary N) is 1. The van der Waals surface area contributed by atoms with E-state index in [1.807, 2.05) is 0 Å². The van der Waals surface area contributed by atoms with E-state index >= 15 is 0 Å². The zero-order valence-corrected chi connectivity index (χ0v) is 13.7. The maximum atomic E-state index is 12.7. The van der Waals surface area contributed by atoms with E-state index in [-0.39, 0.29) is 17.8 Å². The third-order valence-corrected chi connectivity index (χ3v) is 5.25. The molecular formula is C16H31ClN2O. The quantitative estimate of drug-likeness (QED) is 0.867. The standard InChI is InChI=1S/C16H30N2O.ClH/c1-14-8-4-2-7-11-18(14)15(19)12-16(13-17)9-5-3-6-10-16;/h14H,2-13,17H2,1H3;1H. The second-order valence-corrected chi connectivity index (χ2v) is 6.73. The highest BCUT2D eigenvalue weighted by Gasteiger charge is 2.35. The fraction of sp³-hybridized carbons (Fsp3) is 0.938. The summed E-state index contributed by atoms with van der Waals surface area (Å²) in [4.78, 5) is 14.8. The molecule has 0 aromatic carbocycles. The summed E-state index contributed by atoms with van der Waals surface area (Å²) in [5.41, 5.74) is 6.12. The summed E-state index contributed by atoms with van der Waals surface area (Å²) in [7, 11) is 0. The van der Waals surface area contributed by atoms with Crippen molar-refractivity contribution in [2.24, 2.45) is 11.1 Å². The van der Waals surface area contributed by atoms with Crippen LogP contribution in [0.25, 0.3) is 0 Å². The SMILES string of the molecule is CC1CCCCCN1C(=O)CC1(CN)CCCCC1.Cl. The van der Waals surface area contributed by atoms with Gasteiger partial charge in [0.25, 0.3) is 0 Å². The summed E-state index contributed by atoms with van der Waals surface area (Å²) in [6.45, 7) is 3.85. The molecule has 1 saturated heterocycles. The Morgan fingerprint density at radius 2 is 1.80 bits per heavy atom. The molecule has 0 aromatic heterocycles. The van der Waals surface area contributed by atoms with Crippen LogP contribution in [-0.2, 0) is 4.79 Å². The Hall–Kier alpha value is -0.280. The number of hydrogen-bond acceptors (Lipinski definition) is 2. The highest BCUT2D eigenvalue weighted by Crippen LogP contribution is 2.39. The van der Waals surface area contributed by atoms with E-state index in [2.05, 4.69) is 11.8 Å². The van der Waals surface area contributed by atoms with Crippen LogP contribution in [0.1, 0.15) is 71.1 Å². The highest BCUT2D eigenvalue weighted by molar-refractivity contribution is 5.85. The minimum absolute atomic E-state index is 0. The Morgan fingerprint density at radius 1 is 1.15 bits per heavy atom. The summed E-state index contributed by atoms with van der Waals surface area (Å²) in [5, 5.41) is 0. The van der Waals surface area contributed by atoms with Crippen LogP contribution in [0.2, 0.25) is 0 Å². The average molecular weight is 303 g/mol. The van der Waals surface area contributed by atoms with Gasteiger partial charge in [0.1, 0.15) is 0 Å². The first kappa shape index (κ1) is 17.8. The van der Waals surface area contributed by atoms with Gasteiger partial charge in [0.15, 0.2) is 0 Å². The van der Waals surface area contributed by atoms with Gasteiger partial charge in [0.2, 0.25) is 5.91 Å². The highest BCUT2D eigenvalue weighted by atomic mass is 35.5. The molecule has 20 heavy (non-hydrogen) atoms. The molecular weight excluding hydrogens is 272 g/mol. The van der Waals surface area contributed by atoms with Gasteiger partial charge in [-0.25, -0.2) is 0 Å². The molecule has 1 saturated carbocycles. The predicted molar refractivity (Wildman–Crippen MR) is 86.1 cm³/mol. The van der Waals surface area contributed by atoms with E-state index in [0.717, 1.165) is 19.4 Å². The number of rotatable bonds is 3. The molecule has 3 nitrogen and oxygen atoms in total. The van der Waals surface area contributed by atoms with Crippen LogP contribution in [-0.4, -0.2) is 29.9 Å². The van der Waals surface area contributed by atoms with Crippen LogP contribution in [0.3, 0.4) is 0 Å². The van der Waals surface area contributed by atoms with Crippen LogP contribution in [0, 0.1) is 5.41 Å². The summed E-state index contributed by atoms with van der Waals surface area (Å²) in [6, 6.07) is 0.424. The molecule has 0 bridgehead atoms. The predicted octanol–water partition coefficient (Wildman–Crippen LogP) is 3.50. The lowest BCUT2D eigenvalue weighted by Crippen LogP contribution is -2.43. The number of halogens is 1. The molecule has 1 heterocycles. The minimum atomic E-state index is 0. The van der Waals surface area contributed by atoms with Crippen LogP contribution in [0.5, 0.6) is 0 Å². The first-order chi connectivity index (χ1) is 9.17. The molecule has 1 atom stereocenters.